The van der Waals surface area contributed by atoms with E-state index in [1.807, 2.05) is 0 Å². The molecule has 110 valence electrons. The highest BCUT2D eigenvalue weighted by Crippen LogP contribution is 2.33. The lowest BCUT2D eigenvalue weighted by Crippen LogP contribution is -2.30. The summed E-state index contributed by atoms with van der Waals surface area (Å²) in [4.78, 5) is 27.6. The first-order valence-corrected chi connectivity index (χ1v) is 7.65. The van der Waals surface area contributed by atoms with E-state index in [-0.39, 0.29) is 13.0 Å². The quantitative estimate of drug-likeness (QED) is 0.777. The first kappa shape index (κ1) is 14.8. The zero-order valence-electron chi connectivity index (χ0n) is 11.4. The lowest BCUT2D eigenvalue weighted by molar-refractivity contribution is -0.136. The Morgan fingerprint density at radius 3 is 3.00 bits per heavy atom. The molecular weight excluding hydrogens is 278 g/mol. The predicted octanol–water partition coefficient (Wildman–Crippen LogP) is 2.25. The van der Waals surface area contributed by atoms with Crippen molar-refractivity contribution in [2.45, 2.75) is 39.0 Å². The molecule has 0 aromatic carbocycles. The number of thiazole rings is 1. The van der Waals surface area contributed by atoms with Crippen LogP contribution in [0.25, 0.3) is 0 Å². The van der Waals surface area contributed by atoms with Crippen LogP contribution in [0.15, 0.2) is 0 Å². The minimum Gasteiger partial charge on any atom is -0.481 e. The molecule has 7 heteroatoms. The lowest BCUT2D eigenvalue weighted by Gasteiger charge is -2.18. The number of carbonyl (C=O) groups excluding carboxylic acids is 1. The molecule has 2 rings (SSSR count). The maximum absolute atomic E-state index is 11.6. The van der Waals surface area contributed by atoms with Crippen LogP contribution in [0.3, 0.4) is 0 Å². The average molecular weight is 297 g/mol. The molecule has 1 heterocycles. The smallest absolute Gasteiger partial charge is 0.321 e. The summed E-state index contributed by atoms with van der Waals surface area (Å²) in [5.41, 5.74) is 1.10. The van der Waals surface area contributed by atoms with Crippen molar-refractivity contribution in [2.75, 3.05) is 11.9 Å². The van der Waals surface area contributed by atoms with Crippen LogP contribution >= 0.6 is 11.3 Å². The average Bonchev–Trinajstić information content (AvgIpc) is 2.78. The molecule has 1 aromatic heterocycles. The van der Waals surface area contributed by atoms with Gasteiger partial charge < -0.3 is 10.4 Å². The predicted molar refractivity (Wildman–Crippen MR) is 77.2 cm³/mol. The Balaban J connectivity index is 1.86. The summed E-state index contributed by atoms with van der Waals surface area (Å²) in [6.07, 6.45) is 4.28. The molecule has 0 bridgehead atoms. The highest BCUT2D eigenvalue weighted by molar-refractivity contribution is 7.15. The van der Waals surface area contributed by atoms with Crippen molar-refractivity contribution >= 4 is 28.5 Å². The van der Waals surface area contributed by atoms with Crippen LogP contribution in [0.4, 0.5) is 9.93 Å². The number of hydrogen-bond acceptors (Lipinski definition) is 4. The van der Waals surface area contributed by atoms with Crippen molar-refractivity contribution in [3.05, 3.63) is 10.6 Å². The summed E-state index contributed by atoms with van der Waals surface area (Å²) in [6, 6.07) is -0.399. The molecule has 1 aromatic rings. The molecule has 0 radical (unpaired) electrons. The summed E-state index contributed by atoms with van der Waals surface area (Å²) in [5.74, 6) is -0.208. The van der Waals surface area contributed by atoms with Gasteiger partial charge in [-0.15, -0.1) is 11.3 Å². The molecular formula is C13H19N3O3S. The van der Waals surface area contributed by atoms with Crippen molar-refractivity contribution < 1.29 is 14.7 Å². The molecule has 20 heavy (non-hydrogen) atoms. The fourth-order valence-electron chi connectivity index (χ4n) is 2.27. The minimum absolute atomic E-state index is 0.0834. The number of rotatable bonds is 5. The van der Waals surface area contributed by atoms with Crippen molar-refractivity contribution in [1.29, 1.82) is 0 Å². The summed E-state index contributed by atoms with van der Waals surface area (Å²) < 4.78 is 0. The molecule has 0 saturated carbocycles. The first-order valence-electron chi connectivity index (χ1n) is 6.83. The van der Waals surface area contributed by atoms with Crippen LogP contribution < -0.4 is 10.6 Å². The molecule has 0 aliphatic heterocycles. The number of carbonyl (C=O) groups is 2. The maximum atomic E-state index is 11.6. The van der Waals surface area contributed by atoms with E-state index in [1.165, 1.54) is 22.6 Å². The number of aryl methyl sites for hydroxylation is 1. The second kappa shape index (κ2) is 6.69. The van der Waals surface area contributed by atoms with E-state index < -0.39 is 12.0 Å². The Hall–Kier alpha value is -1.63. The van der Waals surface area contributed by atoms with Crippen LogP contribution in [-0.2, 0) is 17.6 Å². The number of aromatic nitrogens is 1. The molecule has 0 saturated heterocycles. The number of anilines is 1. The molecule has 1 aliphatic rings. The van der Waals surface area contributed by atoms with Gasteiger partial charge in [0.15, 0.2) is 5.13 Å². The molecule has 1 unspecified atom stereocenters. The SMILES string of the molecule is CCC1CCc2nc(NC(=O)NCCC(=O)O)sc2C1. The lowest BCUT2D eigenvalue weighted by atomic mass is 9.89. The number of nitrogens with one attached hydrogen (secondary N) is 2. The van der Waals surface area contributed by atoms with Gasteiger partial charge in [-0.3, -0.25) is 10.1 Å². The third-order valence-corrected chi connectivity index (χ3v) is 4.50. The van der Waals surface area contributed by atoms with E-state index in [0.29, 0.717) is 5.13 Å². The highest BCUT2D eigenvalue weighted by atomic mass is 32.1. The molecule has 2 amide bonds. The Labute approximate surface area is 121 Å². The number of fused-ring (bicyclic) bond motifs is 1. The van der Waals surface area contributed by atoms with Crippen LogP contribution in [0.1, 0.15) is 36.8 Å². The number of amides is 2. The van der Waals surface area contributed by atoms with E-state index in [4.69, 9.17) is 5.11 Å². The zero-order chi connectivity index (χ0) is 14.5. The van der Waals surface area contributed by atoms with Crippen LogP contribution in [-0.4, -0.2) is 28.6 Å². The topological polar surface area (TPSA) is 91.3 Å². The maximum Gasteiger partial charge on any atom is 0.321 e. The Kier molecular flexibility index (Phi) is 4.94. The third-order valence-electron chi connectivity index (χ3n) is 3.46. The summed E-state index contributed by atoms with van der Waals surface area (Å²) in [5, 5.41) is 14.3. The number of aliphatic carboxylic acids is 1. The van der Waals surface area contributed by atoms with Gasteiger partial charge >= 0.3 is 12.0 Å². The third kappa shape index (κ3) is 3.93. The van der Waals surface area contributed by atoms with Crippen molar-refractivity contribution in [1.82, 2.24) is 10.3 Å². The number of nitrogens with zero attached hydrogens (tertiary/aromatic N) is 1. The van der Waals surface area contributed by atoms with Crippen LogP contribution in [0.5, 0.6) is 0 Å². The van der Waals surface area contributed by atoms with Gasteiger partial charge in [-0.2, -0.15) is 0 Å². The van der Waals surface area contributed by atoms with E-state index in [2.05, 4.69) is 22.5 Å². The Morgan fingerprint density at radius 2 is 2.30 bits per heavy atom. The van der Waals surface area contributed by atoms with Gasteiger partial charge in [-0.1, -0.05) is 13.3 Å². The van der Waals surface area contributed by atoms with Gasteiger partial charge in [0.25, 0.3) is 0 Å². The van der Waals surface area contributed by atoms with Gasteiger partial charge in [-0.05, 0) is 25.2 Å². The number of urea groups is 1. The monoisotopic (exact) mass is 297 g/mol. The van der Waals surface area contributed by atoms with E-state index >= 15 is 0 Å². The molecule has 1 atom stereocenters. The minimum atomic E-state index is -0.930. The summed E-state index contributed by atoms with van der Waals surface area (Å²) >= 11 is 1.52. The zero-order valence-corrected chi connectivity index (χ0v) is 12.3. The first-order chi connectivity index (χ1) is 9.58. The summed E-state index contributed by atoms with van der Waals surface area (Å²) in [6.45, 7) is 2.32. The normalized spacial score (nSPS) is 17.4. The number of carboxylic acids is 1. The summed E-state index contributed by atoms with van der Waals surface area (Å²) in [7, 11) is 0. The molecule has 0 fully saturated rings. The van der Waals surface area contributed by atoms with Gasteiger partial charge in [0.2, 0.25) is 0 Å². The fraction of sp³-hybridized carbons (Fsp3) is 0.615. The van der Waals surface area contributed by atoms with E-state index in [1.54, 1.807) is 0 Å². The molecule has 0 spiro atoms. The van der Waals surface area contributed by atoms with Crippen molar-refractivity contribution in [3.8, 4) is 0 Å². The Bertz CT molecular complexity index is 501. The second-order valence-corrected chi connectivity index (χ2v) is 6.01. The van der Waals surface area contributed by atoms with Crippen molar-refractivity contribution in [3.63, 3.8) is 0 Å². The Morgan fingerprint density at radius 1 is 1.50 bits per heavy atom. The number of hydrogen-bond donors (Lipinski definition) is 3. The standard InChI is InChI=1S/C13H19N3O3S/c1-2-8-3-4-9-10(7-8)20-13(15-9)16-12(19)14-6-5-11(17)18/h8H,2-7H2,1H3,(H,17,18)(H2,14,15,16,19). The fourth-order valence-corrected chi connectivity index (χ4v) is 3.39. The van der Waals surface area contributed by atoms with Gasteiger partial charge in [0, 0.05) is 11.4 Å². The molecule has 1 aliphatic carbocycles. The van der Waals surface area contributed by atoms with E-state index in [0.717, 1.165) is 30.9 Å². The number of carboxylic acid groups (broad SMARTS) is 1. The van der Waals surface area contributed by atoms with Gasteiger partial charge in [0.1, 0.15) is 0 Å². The largest absolute Gasteiger partial charge is 0.481 e. The van der Waals surface area contributed by atoms with Gasteiger partial charge in [-0.25, -0.2) is 9.78 Å². The molecule has 3 N–H and O–H groups in total. The second-order valence-electron chi connectivity index (χ2n) is 4.93. The molecule has 6 nitrogen and oxygen atoms in total. The van der Waals surface area contributed by atoms with Crippen LogP contribution in [0, 0.1) is 5.92 Å². The highest BCUT2D eigenvalue weighted by Gasteiger charge is 2.21. The van der Waals surface area contributed by atoms with Crippen molar-refractivity contribution in [2.24, 2.45) is 5.92 Å². The van der Waals surface area contributed by atoms with E-state index in [9.17, 15) is 9.59 Å². The van der Waals surface area contributed by atoms with Gasteiger partial charge in [0.05, 0.1) is 12.1 Å². The van der Waals surface area contributed by atoms with Crippen LogP contribution in [0.2, 0.25) is 0 Å².